The summed E-state index contributed by atoms with van der Waals surface area (Å²) in [5.41, 5.74) is 0.129. The number of hydrogen-bond acceptors (Lipinski definition) is 3. The van der Waals surface area contributed by atoms with Crippen molar-refractivity contribution in [2.24, 2.45) is 9.98 Å². The molecule has 3 nitrogen and oxygen atoms in total. The first-order valence-electron chi connectivity index (χ1n) is 7.59. The van der Waals surface area contributed by atoms with Gasteiger partial charge in [-0.05, 0) is 24.3 Å². The number of ether oxygens (including phenoxy) is 1. The molecule has 0 saturated carbocycles. The molecular formula is C18H16F4N2O. The van der Waals surface area contributed by atoms with Gasteiger partial charge in [0, 0.05) is 37.4 Å². The number of hydrogen-bond donors (Lipinski definition) is 0. The Morgan fingerprint density at radius 3 is 1.56 bits per heavy atom. The highest BCUT2D eigenvalue weighted by atomic mass is 19.1. The lowest BCUT2D eigenvalue weighted by molar-refractivity contribution is 0.149. The summed E-state index contributed by atoms with van der Waals surface area (Å²) in [4.78, 5) is 7.78. The number of benzene rings is 2. The number of halogens is 4. The van der Waals surface area contributed by atoms with Crippen LogP contribution in [0.15, 0.2) is 46.4 Å². The minimum absolute atomic E-state index is 0.0647. The molecule has 0 atom stereocenters. The van der Waals surface area contributed by atoms with Crippen molar-refractivity contribution in [2.45, 2.75) is 12.8 Å². The molecule has 0 heterocycles. The molecule has 0 aromatic heterocycles. The minimum atomic E-state index is -0.721. The Balaban J connectivity index is 1.63. The van der Waals surface area contributed by atoms with Crippen LogP contribution in [-0.4, -0.2) is 25.6 Å². The van der Waals surface area contributed by atoms with E-state index >= 15 is 0 Å². The summed E-state index contributed by atoms with van der Waals surface area (Å²) in [6.07, 6.45) is 3.89. The molecule has 0 aliphatic heterocycles. The summed E-state index contributed by atoms with van der Waals surface area (Å²) in [7, 11) is 0. The average Bonchev–Trinajstić information content (AvgIpc) is 2.56. The van der Waals surface area contributed by atoms with Crippen LogP contribution in [0.4, 0.5) is 28.9 Å². The summed E-state index contributed by atoms with van der Waals surface area (Å²) in [6, 6.07) is 6.32. The molecule has 0 radical (unpaired) electrons. The summed E-state index contributed by atoms with van der Waals surface area (Å²) in [6.45, 7) is 0.732. The van der Waals surface area contributed by atoms with Crippen molar-refractivity contribution in [1.82, 2.24) is 0 Å². The van der Waals surface area contributed by atoms with Gasteiger partial charge in [-0.2, -0.15) is 0 Å². The van der Waals surface area contributed by atoms with Crippen molar-refractivity contribution in [2.75, 3.05) is 13.2 Å². The van der Waals surface area contributed by atoms with Gasteiger partial charge in [-0.25, -0.2) is 17.6 Å². The Labute approximate surface area is 142 Å². The van der Waals surface area contributed by atoms with Crippen LogP contribution in [0.25, 0.3) is 0 Å². The van der Waals surface area contributed by atoms with Gasteiger partial charge < -0.3 is 4.74 Å². The van der Waals surface area contributed by atoms with E-state index < -0.39 is 23.3 Å². The van der Waals surface area contributed by atoms with E-state index in [0.717, 1.165) is 24.3 Å². The van der Waals surface area contributed by atoms with Gasteiger partial charge in [-0.15, -0.1) is 0 Å². The number of nitrogens with zero attached hydrogens (tertiary/aromatic N) is 2. The number of rotatable bonds is 8. The van der Waals surface area contributed by atoms with Crippen LogP contribution >= 0.6 is 0 Å². The fourth-order valence-electron chi connectivity index (χ4n) is 1.87. The molecule has 0 bridgehead atoms. The van der Waals surface area contributed by atoms with Gasteiger partial charge >= 0.3 is 0 Å². The molecule has 25 heavy (non-hydrogen) atoms. The maximum Gasteiger partial charge on any atom is 0.151 e. The molecule has 2 aromatic rings. The highest BCUT2D eigenvalue weighted by Gasteiger charge is 2.01. The van der Waals surface area contributed by atoms with Gasteiger partial charge in [-0.3, -0.25) is 9.98 Å². The first-order chi connectivity index (χ1) is 12.1. The first-order valence-corrected chi connectivity index (χ1v) is 7.59. The lowest BCUT2D eigenvalue weighted by Crippen LogP contribution is -1.98. The van der Waals surface area contributed by atoms with Crippen LogP contribution in [0.1, 0.15) is 12.8 Å². The SMILES string of the molecule is Fc1ccc(N=CCCOCCC=Nc2ccc(F)cc2F)c(F)c1. The molecule has 2 rings (SSSR count). The third-order valence-corrected chi connectivity index (χ3v) is 3.06. The van der Waals surface area contributed by atoms with Gasteiger partial charge in [0.2, 0.25) is 0 Å². The van der Waals surface area contributed by atoms with Gasteiger partial charge in [0.1, 0.15) is 11.6 Å². The molecule has 0 fully saturated rings. The fourth-order valence-corrected chi connectivity index (χ4v) is 1.87. The maximum atomic E-state index is 13.3. The van der Waals surface area contributed by atoms with E-state index in [-0.39, 0.29) is 11.4 Å². The summed E-state index contributed by atoms with van der Waals surface area (Å²) in [5, 5.41) is 0. The molecule has 0 aliphatic carbocycles. The van der Waals surface area contributed by atoms with Crippen LogP contribution in [0.3, 0.4) is 0 Å². The third kappa shape index (κ3) is 6.46. The van der Waals surface area contributed by atoms with Crippen molar-refractivity contribution in [3.05, 3.63) is 59.7 Å². The zero-order valence-electron chi connectivity index (χ0n) is 13.3. The average molecular weight is 352 g/mol. The van der Waals surface area contributed by atoms with Gasteiger partial charge in [0.05, 0.1) is 24.6 Å². The van der Waals surface area contributed by atoms with E-state index in [2.05, 4.69) is 9.98 Å². The Kier molecular flexibility index (Phi) is 7.28. The third-order valence-electron chi connectivity index (χ3n) is 3.06. The standard InChI is InChI=1S/C18H16F4N2O/c19-13-3-5-17(15(21)11-13)23-7-1-9-25-10-2-8-24-18-6-4-14(20)12-16(18)22/h3-8,11-12H,1-2,9-10H2. The monoisotopic (exact) mass is 352 g/mol. The second-order valence-corrected chi connectivity index (χ2v) is 5.00. The van der Waals surface area contributed by atoms with E-state index in [9.17, 15) is 17.6 Å². The quantitative estimate of drug-likeness (QED) is 0.368. The van der Waals surface area contributed by atoms with E-state index in [4.69, 9.17) is 4.74 Å². The minimum Gasteiger partial charge on any atom is -0.381 e. The van der Waals surface area contributed by atoms with Gasteiger partial charge in [-0.1, -0.05) is 0 Å². The van der Waals surface area contributed by atoms with Crippen molar-refractivity contribution in [1.29, 1.82) is 0 Å². The molecule has 0 aliphatic rings. The van der Waals surface area contributed by atoms with Crippen LogP contribution < -0.4 is 0 Å². The van der Waals surface area contributed by atoms with Crippen LogP contribution in [0.2, 0.25) is 0 Å². The Morgan fingerprint density at radius 2 is 1.16 bits per heavy atom. The van der Waals surface area contributed by atoms with Gasteiger partial charge in [0.25, 0.3) is 0 Å². The van der Waals surface area contributed by atoms with Crippen molar-refractivity contribution in [3.63, 3.8) is 0 Å². The molecule has 0 N–H and O–H groups in total. The zero-order chi connectivity index (χ0) is 18.1. The second kappa shape index (κ2) is 9.68. The molecule has 2 aromatic carbocycles. The van der Waals surface area contributed by atoms with E-state index in [1.54, 1.807) is 0 Å². The topological polar surface area (TPSA) is 34.0 Å². The van der Waals surface area contributed by atoms with Crippen LogP contribution in [-0.2, 0) is 4.74 Å². The van der Waals surface area contributed by atoms with Crippen molar-refractivity contribution in [3.8, 4) is 0 Å². The molecule has 0 spiro atoms. The normalized spacial score (nSPS) is 11.7. The largest absolute Gasteiger partial charge is 0.381 e. The lowest BCUT2D eigenvalue weighted by Gasteiger charge is -2.00. The summed E-state index contributed by atoms with van der Waals surface area (Å²) < 4.78 is 57.4. The molecule has 7 heteroatoms. The van der Waals surface area contributed by atoms with Crippen LogP contribution in [0.5, 0.6) is 0 Å². The highest BCUT2D eigenvalue weighted by Crippen LogP contribution is 2.18. The summed E-state index contributed by atoms with van der Waals surface area (Å²) >= 11 is 0. The molecular weight excluding hydrogens is 336 g/mol. The van der Waals surface area contributed by atoms with E-state index in [0.29, 0.717) is 26.1 Å². The predicted molar refractivity (Wildman–Crippen MR) is 89.1 cm³/mol. The Morgan fingerprint density at radius 1 is 0.720 bits per heavy atom. The first kappa shape index (κ1) is 18.8. The number of aliphatic imine (C=N–C) groups is 2. The molecule has 132 valence electrons. The molecule has 0 amide bonds. The lowest BCUT2D eigenvalue weighted by atomic mass is 10.3. The van der Waals surface area contributed by atoms with Crippen molar-refractivity contribution < 1.29 is 22.3 Å². The fraction of sp³-hybridized carbons (Fsp3) is 0.222. The molecule has 0 saturated heterocycles. The zero-order valence-corrected chi connectivity index (χ0v) is 13.3. The van der Waals surface area contributed by atoms with Crippen molar-refractivity contribution >= 4 is 23.8 Å². The molecule has 0 unspecified atom stereocenters. The Bertz CT molecular complexity index is 699. The van der Waals surface area contributed by atoms with E-state index in [1.165, 1.54) is 24.6 Å². The predicted octanol–water partition coefficient (Wildman–Crippen LogP) is 5.14. The Hall–Kier alpha value is -2.54. The summed E-state index contributed by atoms with van der Waals surface area (Å²) in [5.74, 6) is -2.74. The second-order valence-electron chi connectivity index (χ2n) is 5.00. The van der Waals surface area contributed by atoms with E-state index in [1.807, 2.05) is 0 Å². The van der Waals surface area contributed by atoms with Gasteiger partial charge in [0.15, 0.2) is 11.6 Å². The smallest absolute Gasteiger partial charge is 0.151 e. The van der Waals surface area contributed by atoms with Crippen LogP contribution in [0, 0.1) is 23.3 Å². The maximum absolute atomic E-state index is 13.3. The highest BCUT2D eigenvalue weighted by molar-refractivity contribution is 5.64.